The third-order valence-corrected chi connectivity index (χ3v) is 5.14. The van der Waals surface area contributed by atoms with Crippen LogP contribution in [0.1, 0.15) is 42.1 Å². The van der Waals surface area contributed by atoms with E-state index in [1.165, 1.54) is 27.9 Å². The van der Waals surface area contributed by atoms with Crippen LogP contribution in [0.25, 0.3) is 0 Å². The molecule has 1 N–H and O–H groups in total. The Bertz CT molecular complexity index is 665. The Morgan fingerprint density at radius 1 is 1.14 bits per heavy atom. The SMILES string of the molecule is Cc1cc(C)c(NC2c3ccccc3CC2(C)C)c(Br)c1. The zero-order valence-electron chi connectivity index (χ0n) is 13.1. The monoisotopic (exact) mass is 343 g/mol. The molecule has 0 saturated carbocycles. The second-order valence-corrected chi connectivity index (χ2v) is 7.73. The zero-order valence-corrected chi connectivity index (χ0v) is 14.7. The van der Waals surface area contributed by atoms with Gasteiger partial charge in [0.2, 0.25) is 0 Å². The summed E-state index contributed by atoms with van der Waals surface area (Å²) >= 11 is 3.72. The molecule has 1 atom stereocenters. The van der Waals surface area contributed by atoms with E-state index >= 15 is 0 Å². The lowest BCUT2D eigenvalue weighted by Gasteiger charge is -2.30. The highest BCUT2D eigenvalue weighted by Crippen LogP contribution is 2.47. The minimum absolute atomic E-state index is 0.223. The Hall–Kier alpha value is -1.28. The minimum Gasteiger partial charge on any atom is -0.377 e. The number of fused-ring (bicyclic) bond motifs is 1. The van der Waals surface area contributed by atoms with Crippen LogP contribution in [0.15, 0.2) is 40.9 Å². The van der Waals surface area contributed by atoms with E-state index in [2.05, 4.69) is 85.3 Å². The lowest BCUT2D eigenvalue weighted by atomic mass is 9.85. The molecule has 1 unspecified atom stereocenters. The van der Waals surface area contributed by atoms with Gasteiger partial charge in [0.15, 0.2) is 0 Å². The van der Waals surface area contributed by atoms with Gasteiger partial charge >= 0.3 is 0 Å². The van der Waals surface area contributed by atoms with Crippen LogP contribution in [-0.2, 0) is 6.42 Å². The van der Waals surface area contributed by atoms with Gasteiger partial charge in [-0.3, -0.25) is 0 Å². The van der Waals surface area contributed by atoms with Crippen molar-refractivity contribution in [2.45, 2.75) is 40.2 Å². The van der Waals surface area contributed by atoms with Crippen molar-refractivity contribution in [1.29, 1.82) is 0 Å². The summed E-state index contributed by atoms with van der Waals surface area (Å²) in [7, 11) is 0. The van der Waals surface area contributed by atoms with Gasteiger partial charge in [0, 0.05) is 4.47 Å². The van der Waals surface area contributed by atoms with Crippen LogP contribution in [0.3, 0.4) is 0 Å². The molecule has 0 aliphatic heterocycles. The Morgan fingerprint density at radius 2 is 1.86 bits per heavy atom. The molecule has 1 aliphatic rings. The van der Waals surface area contributed by atoms with Crippen LogP contribution in [-0.4, -0.2) is 0 Å². The largest absolute Gasteiger partial charge is 0.377 e. The molecule has 1 aliphatic carbocycles. The maximum Gasteiger partial charge on any atom is 0.0571 e. The van der Waals surface area contributed by atoms with Crippen LogP contribution in [0.4, 0.5) is 5.69 Å². The smallest absolute Gasteiger partial charge is 0.0571 e. The summed E-state index contributed by atoms with van der Waals surface area (Å²) in [4.78, 5) is 0. The van der Waals surface area contributed by atoms with Crippen molar-refractivity contribution in [3.63, 3.8) is 0 Å². The molecular formula is C19H22BrN. The van der Waals surface area contributed by atoms with Crippen molar-refractivity contribution in [1.82, 2.24) is 0 Å². The number of aryl methyl sites for hydroxylation is 2. The number of benzene rings is 2. The predicted molar refractivity (Wildman–Crippen MR) is 93.9 cm³/mol. The maximum absolute atomic E-state index is 3.80. The van der Waals surface area contributed by atoms with Crippen LogP contribution >= 0.6 is 15.9 Å². The molecule has 0 amide bonds. The maximum atomic E-state index is 3.80. The fourth-order valence-corrected chi connectivity index (χ4v) is 4.29. The number of anilines is 1. The third-order valence-electron chi connectivity index (χ3n) is 4.51. The lowest BCUT2D eigenvalue weighted by Crippen LogP contribution is -2.25. The molecule has 0 bridgehead atoms. The summed E-state index contributed by atoms with van der Waals surface area (Å²) in [5.74, 6) is 0. The highest BCUT2D eigenvalue weighted by Gasteiger charge is 2.39. The summed E-state index contributed by atoms with van der Waals surface area (Å²) in [6.07, 6.45) is 1.13. The van der Waals surface area contributed by atoms with E-state index in [4.69, 9.17) is 0 Å². The first kappa shape index (κ1) is 14.6. The molecule has 0 radical (unpaired) electrons. The normalized spacial score (nSPS) is 19.4. The molecule has 0 fully saturated rings. The average molecular weight is 344 g/mol. The molecule has 110 valence electrons. The van der Waals surface area contributed by atoms with Crippen molar-refractivity contribution < 1.29 is 0 Å². The molecule has 0 aromatic heterocycles. The third kappa shape index (κ3) is 2.62. The van der Waals surface area contributed by atoms with Crippen molar-refractivity contribution in [2.75, 3.05) is 5.32 Å². The lowest BCUT2D eigenvalue weighted by molar-refractivity contribution is 0.337. The molecule has 0 spiro atoms. The number of halogens is 1. The van der Waals surface area contributed by atoms with E-state index in [9.17, 15) is 0 Å². The van der Waals surface area contributed by atoms with Crippen molar-refractivity contribution in [3.05, 3.63) is 63.1 Å². The summed E-state index contributed by atoms with van der Waals surface area (Å²) in [5, 5.41) is 3.80. The van der Waals surface area contributed by atoms with E-state index in [0.717, 1.165) is 10.9 Å². The molecule has 1 nitrogen and oxygen atoms in total. The van der Waals surface area contributed by atoms with E-state index in [1.54, 1.807) is 0 Å². The van der Waals surface area contributed by atoms with Crippen LogP contribution in [0.5, 0.6) is 0 Å². The van der Waals surface area contributed by atoms with E-state index in [0.29, 0.717) is 6.04 Å². The molecule has 3 rings (SSSR count). The average Bonchev–Trinajstić information content (AvgIpc) is 2.63. The Morgan fingerprint density at radius 3 is 2.57 bits per heavy atom. The number of hydrogen-bond acceptors (Lipinski definition) is 1. The summed E-state index contributed by atoms with van der Waals surface area (Å²) in [5.41, 5.74) is 6.93. The molecule has 2 aromatic rings. The van der Waals surface area contributed by atoms with Gasteiger partial charge in [-0.05, 0) is 69.9 Å². The first-order chi connectivity index (χ1) is 9.88. The number of nitrogens with one attached hydrogen (secondary N) is 1. The van der Waals surface area contributed by atoms with Gasteiger partial charge in [-0.2, -0.15) is 0 Å². The molecule has 2 heteroatoms. The van der Waals surface area contributed by atoms with Gasteiger partial charge < -0.3 is 5.32 Å². The Kier molecular flexibility index (Phi) is 3.61. The van der Waals surface area contributed by atoms with Crippen LogP contribution in [0, 0.1) is 19.3 Å². The van der Waals surface area contributed by atoms with Crippen LogP contribution in [0.2, 0.25) is 0 Å². The Labute approximate surface area is 135 Å². The van der Waals surface area contributed by atoms with E-state index in [1.807, 2.05) is 0 Å². The van der Waals surface area contributed by atoms with Crippen molar-refractivity contribution in [2.24, 2.45) is 5.41 Å². The molecule has 2 aromatic carbocycles. The summed E-state index contributed by atoms with van der Waals surface area (Å²) in [6, 6.07) is 13.6. The summed E-state index contributed by atoms with van der Waals surface area (Å²) < 4.78 is 1.15. The van der Waals surface area contributed by atoms with Crippen molar-refractivity contribution >= 4 is 21.6 Å². The number of rotatable bonds is 2. The first-order valence-corrected chi connectivity index (χ1v) is 8.29. The fraction of sp³-hybridized carbons (Fsp3) is 0.368. The highest BCUT2D eigenvalue weighted by molar-refractivity contribution is 9.10. The summed E-state index contributed by atoms with van der Waals surface area (Å²) in [6.45, 7) is 9.01. The van der Waals surface area contributed by atoms with Gasteiger partial charge in [-0.1, -0.05) is 44.2 Å². The fourth-order valence-electron chi connectivity index (χ4n) is 3.51. The van der Waals surface area contributed by atoms with Gasteiger partial charge in [0.25, 0.3) is 0 Å². The number of hydrogen-bond donors (Lipinski definition) is 1. The first-order valence-electron chi connectivity index (χ1n) is 7.49. The topological polar surface area (TPSA) is 12.0 Å². The molecular weight excluding hydrogens is 322 g/mol. The Balaban J connectivity index is 2.02. The second-order valence-electron chi connectivity index (χ2n) is 6.88. The van der Waals surface area contributed by atoms with E-state index < -0.39 is 0 Å². The molecule has 0 heterocycles. The molecule has 0 saturated heterocycles. The zero-order chi connectivity index (χ0) is 15.2. The van der Waals surface area contributed by atoms with Crippen LogP contribution < -0.4 is 5.32 Å². The van der Waals surface area contributed by atoms with E-state index in [-0.39, 0.29) is 5.41 Å². The minimum atomic E-state index is 0.223. The predicted octanol–water partition coefficient (Wildman–Crippen LogP) is 5.80. The highest BCUT2D eigenvalue weighted by atomic mass is 79.9. The van der Waals surface area contributed by atoms with Gasteiger partial charge in [-0.25, -0.2) is 0 Å². The standard InChI is InChI=1S/C19H22BrN/c1-12-9-13(2)17(16(20)10-12)21-18-15-8-6-5-7-14(15)11-19(18,3)4/h5-10,18,21H,11H2,1-4H3. The van der Waals surface area contributed by atoms with Gasteiger partial charge in [0.1, 0.15) is 0 Å². The van der Waals surface area contributed by atoms with Crippen molar-refractivity contribution in [3.8, 4) is 0 Å². The second kappa shape index (κ2) is 5.17. The van der Waals surface area contributed by atoms with Gasteiger partial charge in [0.05, 0.1) is 11.7 Å². The molecule has 21 heavy (non-hydrogen) atoms. The quantitative estimate of drug-likeness (QED) is 0.726. The van der Waals surface area contributed by atoms with Gasteiger partial charge in [-0.15, -0.1) is 0 Å².